The Morgan fingerprint density at radius 2 is 1.71 bits per heavy atom. The van der Waals surface area contributed by atoms with E-state index in [0.29, 0.717) is 24.7 Å². The van der Waals surface area contributed by atoms with Crippen molar-refractivity contribution in [1.29, 1.82) is 0 Å². The van der Waals surface area contributed by atoms with E-state index in [1.807, 2.05) is 35.0 Å². The third-order valence-corrected chi connectivity index (χ3v) is 3.81. The molecule has 0 aliphatic rings. The molecule has 5 heteroatoms. The second-order valence-electron chi connectivity index (χ2n) is 5.52. The van der Waals surface area contributed by atoms with Gasteiger partial charge >= 0.3 is 0 Å². The van der Waals surface area contributed by atoms with Crippen LogP contribution in [0, 0.1) is 0 Å². The minimum Gasteiger partial charge on any atom is -0.493 e. The molecule has 0 spiro atoms. The van der Waals surface area contributed by atoms with E-state index in [4.69, 9.17) is 19.3 Å². The van der Waals surface area contributed by atoms with E-state index in [1.54, 1.807) is 14.2 Å². The molecule has 0 atom stereocenters. The van der Waals surface area contributed by atoms with Crippen LogP contribution in [0.5, 0.6) is 17.4 Å². The summed E-state index contributed by atoms with van der Waals surface area (Å²) in [5.74, 6) is 2.10. The fourth-order valence-electron chi connectivity index (χ4n) is 2.65. The Bertz CT molecular complexity index is 812. The Hall–Kier alpha value is -2.69. The summed E-state index contributed by atoms with van der Waals surface area (Å²) in [5, 5.41) is 5.63. The minimum absolute atomic E-state index is 0.643. The fourth-order valence-corrected chi connectivity index (χ4v) is 2.65. The van der Waals surface area contributed by atoms with Crippen molar-refractivity contribution in [3.05, 3.63) is 48.0 Å². The number of methoxy groups -OCH3 is 2. The molecule has 126 valence electrons. The number of aromatic nitrogens is 2. The van der Waals surface area contributed by atoms with Gasteiger partial charge in [-0.3, -0.25) is 0 Å². The van der Waals surface area contributed by atoms with Gasteiger partial charge in [-0.05, 0) is 18.1 Å². The number of nitrogens with zero attached hydrogens (tertiary/aromatic N) is 2. The first-order valence-corrected chi connectivity index (χ1v) is 8.06. The molecular weight excluding hydrogens is 304 g/mol. The van der Waals surface area contributed by atoms with Crippen LogP contribution < -0.4 is 14.2 Å². The van der Waals surface area contributed by atoms with E-state index in [1.165, 1.54) is 5.56 Å². The molecule has 1 heterocycles. The van der Waals surface area contributed by atoms with Gasteiger partial charge in [0.2, 0.25) is 5.88 Å². The smallest absolute Gasteiger partial charge is 0.220 e. The molecule has 0 fully saturated rings. The van der Waals surface area contributed by atoms with Crippen molar-refractivity contribution < 1.29 is 14.2 Å². The molecule has 0 aliphatic heterocycles. The molecule has 3 aromatic rings. The second kappa shape index (κ2) is 7.25. The summed E-state index contributed by atoms with van der Waals surface area (Å²) in [6.45, 7) is 3.38. The van der Waals surface area contributed by atoms with Gasteiger partial charge in [-0.2, -0.15) is 5.10 Å². The Balaban J connectivity index is 2.09. The SMILES string of the molecule is CCCOc1c2cc(OC)c(OC)cc2nn1Cc1ccccc1. The lowest BCUT2D eigenvalue weighted by Crippen LogP contribution is -2.06. The fraction of sp³-hybridized carbons (Fsp3) is 0.316. The molecule has 0 N–H and O–H groups in total. The molecule has 0 saturated heterocycles. The Kier molecular flexibility index (Phi) is 4.89. The van der Waals surface area contributed by atoms with E-state index in [2.05, 4.69) is 19.1 Å². The predicted molar refractivity (Wildman–Crippen MR) is 94.2 cm³/mol. The normalized spacial score (nSPS) is 10.8. The lowest BCUT2D eigenvalue weighted by molar-refractivity contribution is 0.289. The summed E-state index contributed by atoms with van der Waals surface area (Å²) in [4.78, 5) is 0. The second-order valence-corrected chi connectivity index (χ2v) is 5.52. The van der Waals surface area contributed by atoms with Gasteiger partial charge < -0.3 is 14.2 Å². The van der Waals surface area contributed by atoms with Crippen molar-refractivity contribution in [1.82, 2.24) is 9.78 Å². The summed E-state index contributed by atoms with van der Waals surface area (Å²) < 4.78 is 18.7. The van der Waals surface area contributed by atoms with Crippen molar-refractivity contribution in [3.63, 3.8) is 0 Å². The number of rotatable bonds is 7. The highest BCUT2D eigenvalue weighted by atomic mass is 16.5. The predicted octanol–water partition coefficient (Wildman–Crippen LogP) is 3.89. The van der Waals surface area contributed by atoms with Crippen LogP contribution in [0.4, 0.5) is 0 Å². The standard InChI is InChI=1S/C19H22N2O3/c1-4-10-24-19-15-11-17(22-2)18(23-3)12-16(15)20-21(19)13-14-8-6-5-7-9-14/h5-9,11-12H,4,10,13H2,1-3H3. The van der Waals surface area contributed by atoms with Crippen LogP contribution >= 0.6 is 0 Å². The van der Waals surface area contributed by atoms with Crippen LogP contribution in [-0.2, 0) is 6.54 Å². The number of fused-ring (bicyclic) bond motifs is 1. The summed E-state index contributed by atoms with van der Waals surface area (Å²) in [7, 11) is 3.25. The summed E-state index contributed by atoms with van der Waals surface area (Å²) in [6, 6.07) is 14.0. The zero-order chi connectivity index (χ0) is 16.9. The maximum atomic E-state index is 5.99. The molecule has 5 nitrogen and oxygen atoms in total. The van der Waals surface area contributed by atoms with Gasteiger partial charge in [-0.1, -0.05) is 37.3 Å². The molecule has 0 aliphatic carbocycles. The van der Waals surface area contributed by atoms with Crippen molar-refractivity contribution in [2.24, 2.45) is 0 Å². The van der Waals surface area contributed by atoms with E-state index in [9.17, 15) is 0 Å². The zero-order valence-corrected chi connectivity index (χ0v) is 14.3. The van der Waals surface area contributed by atoms with Gasteiger partial charge in [0, 0.05) is 6.07 Å². The minimum atomic E-state index is 0.643. The maximum Gasteiger partial charge on any atom is 0.220 e. The van der Waals surface area contributed by atoms with Crippen LogP contribution in [0.25, 0.3) is 10.9 Å². The van der Waals surface area contributed by atoms with Gasteiger partial charge in [0.15, 0.2) is 11.5 Å². The highest BCUT2D eigenvalue weighted by Gasteiger charge is 2.17. The van der Waals surface area contributed by atoms with Gasteiger partial charge in [-0.15, -0.1) is 0 Å². The maximum absolute atomic E-state index is 5.99. The molecule has 0 amide bonds. The van der Waals surface area contributed by atoms with Crippen LogP contribution in [0.3, 0.4) is 0 Å². The van der Waals surface area contributed by atoms with E-state index >= 15 is 0 Å². The van der Waals surface area contributed by atoms with Crippen LogP contribution in [0.15, 0.2) is 42.5 Å². The molecule has 0 radical (unpaired) electrons. The average molecular weight is 326 g/mol. The molecule has 3 rings (SSSR count). The molecule has 0 unspecified atom stereocenters. The topological polar surface area (TPSA) is 45.5 Å². The van der Waals surface area contributed by atoms with Gasteiger partial charge in [-0.25, -0.2) is 4.68 Å². The van der Waals surface area contributed by atoms with Gasteiger partial charge in [0.25, 0.3) is 0 Å². The Morgan fingerprint density at radius 3 is 2.38 bits per heavy atom. The van der Waals surface area contributed by atoms with E-state index in [0.717, 1.165) is 23.2 Å². The number of hydrogen-bond acceptors (Lipinski definition) is 4. The largest absolute Gasteiger partial charge is 0.493 e. The zero-order valence-electron chi connectivity index (χ0n) is 14.3. The van der Waals surface area contributed by atoms with Crippen molar-refractivity contribution >= 4 is 10.9 Å². The first-order valence-electron chi connectivity index (χ1n) is 8.06. The molecule has 0 bridgehead atoms. The number of hydrogen-bond donors (Lipinski definition) is 0. The summed E-state index contributed by atoms with van der Waals surface area (Å²) in [5.41, 5.74) is 2.00. The summed E-state index contributed by atoms with van der Waals surface area (Å²) >= 11 is 0. The monoisotopic (exact) mass is 326 g/mol. The van der Waals surface area contributed by atoms with Gasteiger partial charge in [0.05, 0.1) is 32.8 Å². The average Bonchev–Trinajstić information content (AvgIpc) is 2.95. The van der Waals surface area contributed by atoms with E-state index < -0.39 is 0 Å². The third kappa shape index (κ3) is 3.15. The van der Waals surface area contributed by atoms with Crippen molar-refractivity contribution in [3.8, 4) is 17.4 Å². The Morgan fingerprint density at radius 1 is 1.00 bits per heavy atom. The first-order chi connectivity index (χ1) is 11.8. The van der Waals surface area contributed by atoms with Crippen molar-refractivity contribution in [2.45, 2.75) is 19.9 Å². The first kappa shape index (κ1) is 16.2. The summed E-state index contributed by atoms with van der Waals surface area (Å²) in [6.07, 6.45) is 0.936. The molecule has 24 heavy (non-hydrogen) atoms. The molecular formula is C19H22N2O3. The highest BCUT2D eigenvalue weighted by Crippen LogP contribution is 2.36. The van der Waals surface area contributed by atoms with Crippen LogP contribution in [0.2, 0.25) is 0 Å². The van der Waals surface area contributed by atoms with Gasteiger partial charge in [0.1, 0.15) is 5.52 Å². The quantitative estimate of drug-likeness (QED) is 0.661. The number of ether oxygens (including phenoxy) is 3. The van der Waals surface area contributed by atoms with Crippen LogP contribution in [-0.4, -0.2) is 30.6 Å². The number of benzene rings is 2. The molecule has 2 aromatic carbocycles. The lowest BCUT2D eigenvalue weighted by atomic mass is 10.2. The van der Waals surface area contributed by atoms with Crippen LogP contribution in [0.1, 0.15) is 18.9 Å². The van der Waals surface area contributed by atoms with E-state index in [-0.39, 0.29) is 0 Å². The highest BCUT2D eigenvalue weighted by molar-refractivity contribution is 5.87. The Labute approximate surface area is 141 Å². The van der Waals surface area contributed by atoms with Crippen molar-refractivity contribution in [2.75, 3.05) is 20.8 Å². The third-order valence-electron chi connectivity index (χ3n) is 3.81. The molecule has 1 aromatic heterocycles. The molecule has 0 saturated carbocycles. The lowest BCUT2D eigenvalue weighted by Gasteiger charge is -2.10.